The minimum Gasteiger partial charge on any atom is -0.497 e. The third-order valence-electron chi connectivity index (χ3n) is 5.80. The van der Waals surface area contributed by atoms with Crippen LogP contribution in [0.5, 0.6) is 11.5 Å². The first-order chi connectivity index (χ1) is 17.5. The van der Waals surface area contributed by atoms with Gasteiger partial charge in [0.25, 0.3) is 0 Å². The van der Waals surface area contributed by atoms with Crippen LogP contribution >= 0.6 is 11.8 Å². The third-order valence-corrected chi connectivity index (χ3v) is 6.69. The molecule has 2 aromatic carbocycles. The van der Waals surface area contributed by atoms with Crippen LogP contribution in [0.2, 0.25) is 0 Å². The van der Waals surface area contributed by atoms with Gasteiger partial charge in [0.05, 0.1) is 44.6 Å². The Labute approximate surface area is 215 Å². The predicted molar refractivity (Wildman–Crippen MR) is 141 cm³/mol. The Kier molecular flexibility index (Phi) is 8.00. The van der Waals surface area contributed by atoms with Gasteiger partial charge in [0.1, 0.15) is 11.5 Å². The number of rotatable bonds is 9. The summed E-state index contributed by atoms with van der Waals surface area (Å²) in [5.74, 6) is 0.590. The Hall–Kier alpha value is -3.72. The molecule has 1 amide bonds. The maximum absolute atomic E-state index is 13.6. The lowest BCUT2D eigenvalue weighted by molar-refractivity contribution is -0.139. The number of carbonyl (C=O) groups excluding carboxylic acids is 2. The van der Waals surface area contributed by atoms with Crippen LogP contribution < -0.4 is 14.8 Å². The molecule has 0 aliphatic carbocycles. The molecular formula is C27H29N3O5S. The molecule has 2 aromatic rings. The molecule has 2 aliphatic heterocycles. The molecule has 2 aliphatic rings. The van der Waals surface area contributed by atoms with E-state index in [1.165, 1.54) is 11.8 Å². The molecule has 0 bridgehead atoms. The van der Waals surface area contributed by atoms with Crippen molar-refractivity contribution in [3.63, 3.8) is 0 Å². The summed E-state index contributed by atoms with van der Waals surface area (Å²) in [6.07, 6.45) is 0.138. The number of hydrogen-bond donors (Lipinski definition) is 1. The van der Waals surface area contributed by atoms with Gasteiger partial charge in [-0.3, -0.25) is 4.79 Å². The first kappa shape index (κ1) is 25.4. The van der Waals surface area contributed by atoms with Crippen LogP contribution in [0.1, 0.15) is 37.4 Å². The molecule has 1 N–H and O–H groups in total. The minimum atomic E-state index is -0.660. The van der Waals surface area contributed by atoms with E-state index in [2.05, 4.69) is 5.32 Å². The van der Waals surface area contributed by atoms with Crippen LogP contribution in [-0.2, 0) is 14.3 Å². The molecule has 0 radical (unpaired) electrons. The highest BCUT2D eigenvalue weighted by molar-refractivity contribution is 8.16. The fourth-order valence-corrected chi connectivity index (χ4v) is 5.18. The van der Waals surface area contributed by atoms with E-state index in [1.807, 2.05) is 53.6 Å². The lowest BCUT2D eigenvalue weighted by atomic mass is 9.90. The molecule has 0 saturated heterocycles. The van der Waals surface area contributed by atoms with Gasteiger partial charge >= 0.3 is 5.97 Å². The van der Waals surface area contributed by atoms with Gasteiger partial charge in [-0.25, -0.2) is 9.79 Å². The van der Waals surface area contributed by atoms with Crippen molar-refractivity contribution in [3.8, 4) is 11.5 Å². The molecule has 0 saturated carbocycles. The van der Waals surface area contributed by atoms with Crippen LogP contribution in [0.3, 0.4) is 0 Å². The number of nitrogens with one attached hydrogen (secondary N) is 1. The summed E-state index contributed by atoms with van der Waals surface area (Å²) in [7, 11) is 3.17. The number of fused-ring (bicyclic) bond motifs is 1. The number of benzene rings is 2. The average molecular weight is 508 g/mol. The van der Waals surface area contributed by atoms with Gasteiger partial charge in [0.15, 0.2) is 5.17 Å². The average Bonchev–Trinajstić information content (AvgIpc) is 3.30. The number of nitrogens with zero attached hydrogens (tertiary/aromatic N) is 2. The van der Waals surface area contributed by atoms with Gasteiger partial charge in [-0.1, -0.05) is 42.1 Å². The smallest absolute Gasteiger partial charge is 0.338 e. The Morgan fingerprint density at radius 2 is 1.86 bits per heavy atom. The molecule has 36 heavy (non-hydrogen) atoms. The van der Waals surface area contributed by atoms with Gasteiger partial charge in [0.2, 0.25) is 5.91 Å². The zero-order valence-corrected chi connectivity index (χ0v) is 21.6. The molecule has 188 valence electrons. The summed E-state index contributed by atoms with van der Waals surface area (Å²) in [6, 6.07) is 14.3. The molecular weight excluding hydrogens is 478 g/mol. The quantitative estimate of drug-likeness (QED) is 0.500. The highest BCUT2D eigenvalue weighted by Crippen LogP contribution is 2.49. The summed E-state index contributed by atoms with van der Waals surface area (Å²) in [4.78, 5) is 33.0. The summed E-state index contributed by atoms with van der Waals surface area (Å²) < 4.78 is 16.8. The van der Waals surface area contributed by atoms with Crippen molar-refractivity contribution in [1.82, 2.24) is 10.2 Å². The molecule has 0 spiro atoms. The second kappa shape index (κ2) is 11.3. The largest absolute Gasteiger partial charge is 0.497 e. The number of ether oxygens (including phenoxy) is 3. The van der Waals surface area contributed by atoms with Crippen molar-refractivity contribution in [1.29, 1.82) is 0 Å². The van der Waals surface area contributed by atoms with Crippen LogP contribution in [0.15, 0.2) is 70.2 Å². The number of thioether (sulfide) groups is 1. The topological polar surface area (TPSA) is 89.5 Å². The first-order valence-corrected chi connectivity index (χ1v) is 12.6. The Morgan fingerprint density at radius 1 is 1.08 bits per heavy atom. The zero-order chi connectivity index (χ0) is 25.7. The summed E-state index contributed by atoms with van der Waals surface area (Å²) in [6.45, 7) is 4.38. The number of amidine groups is 1. The highest BCUT2D eigenvalue weighted by atomic mass is 32.2. The number of amides is 1. The van der Waals surface area contributed by atoms with Crippen LogP contribution in [0, 0.1) is 0 Å². The van der Waals surface area contributed by atoms with E-state index in [1.54, 1.807) is 33.3 Å². The van der Waals surface area contributed by atoms with Crippen molar-refractivity contribution < 1.29 is 23.8 Å². The number of esters is 1. The number of hydrogen-bond acceptors (Lipinski definition) is 8. The van der Waals surface area contributed by atoms with Crippen molar-refractivity contribution in [2.75, 3.05) is 27.4 Å². The fraction of sp³-hybridized carbons (Fsp3) is 0.296. The molecule has 9 heteroatoms. The van der Waals surface area contributed by atoms with Crippen molar-refractivity contribution >= 4 is 34.5 Å². The second-order valence-electron chi connectivity index (χ2n) is 7.98. The summed E-state index contributed by atoms with van der Waals surface area (Å²) >= 11 is 1.42. The van der Waals surface area contributed by atoms with Gasteiger partial charge in [0, 0.05) is 23.4 Å². The molecule has 1 atom stereocenters. The highest BCUT2D eigenvalue weighted by Gasteiger charge is 2.43. The zero-order valence-electron chi connectivity index (χ0n) is 20.7. The number of aliphatic imine (C=N–C) groups is 1. The van der Waals surface area contributed by atoms with Crippen LogP contribution in [-0.4, -0.2) is 49.3 Å². The van der Waals surface area contributed by atoms with Crippen molar-refractivity contribution in [3.05, 3.63) is 76.3 Å². The van der Waals surface area contributed by atoms with E-state index in [4.69, 9.17) is 19.2 Å². The molecule has 8 nitrogen and oxygen atoms in total. The SMILES string of the molecule is CCNC(=O)CC1=CSC2=NC(c3ccccc3)=C(C(=O)OCC)C(c3cc(OC)ccc3OC)N12. The lowest BCUT2D eigenvalue weighted by Crippen LogP contribution is -2.38. The maximum Gasteiger partial charge on any atom is 0.338 e. The fourth-order valence-electron chi connectivity index (χ4n) is 4.26. The van der Waals surface area contributed by atoms with E-state index in [-0.39, 0.29) is 18.9 Å². The van der Waals surface area contributed by atoms with Gasteiger partial charge in [-0.15, -0.1) is 0 Å². The second-order valence-corrected chi connectivity index (χ2v) is 8.82. The Morgan fingerprint density at radius 3 is 2.53 bits per heavy atom. The third kappa shape index (κ3) is 4.97. The number of methoxy groups -OCH3 is 2. The molecule has 2 heterocycles. The number of carbonyl (C=O) groups is 2. The van der Waals surface area contributed by atoms with Crippen molar-refractivity contribution in [2.24, 2.45) is 4.99 Å². The Balaban J connectivity index is 1.97. The van der Waals surface area contributed by atoms with Crippen LogP contribution in [0.4, 0.5) is 0 Å². The monoisotopic (exact) mass is 507 g/mol. The summed E-state index contributed by atoms with van der Waals surface area (Å²) in [5, 5.41) is 5.42. The van der Waals surface area contributed by atoms with E-state index in [0.29, 0.717) is 40.0 Å². The predicted octanol–water partition coefficient (Wildman–Crippen LogP) is 4.51. The van der Waals surface area contributed by atoms with Gasteiger partial charge in [-0.2, -0.15) is 0 Å². The van der Waals surface area contributed by atoms with Crippen molar-refractivity contribution in [2.45, 2.75) is 26.3 Å². The van der Waals surface area contributed by atoms with Gasteiger partial charge < -0.3 is 24.4 Å². The molecule has 1 unspecified atom stereocenters. The normalized spacial score (nSPS) is 16.7. The molecule has 0 fully saturated rings. The summed E-state index contributed by atoms with van der Waals surface area (Å²) in [5.41, 5.74) is 3.11. The standard InChI is InChI=1S/C27H29N3O5S/c1-5-28-22(31)14-18-16-36-27-29-24(17-10-8-7-9-11-17)23(26(32)35-6-2)25(30(18)27)20-15-19(33-3)12-13-21(20)34-4/h7-13,15-16,25H,5-6,14H2,1-4H3,(H,28,31). The molecule has 0 aromatic heterocycles. The van der Waals surface area contributed by atoms with Gasteiger partial charge in [-0.05, 0) is 37.5 Å². The minimum absolute atomic E-state index is 0.113. The first-order valence-electron chi connectivity index (χ1n) is 11.7. The lowest BCUT2D eigenvalue weighted by Gasteiger charge is -2.37. The van der Waals surface area contributed by atoms with E-state index in [9.17, 15) is 9.59 Å². The molecule has 4 rings (SSSR count). The van der Waals surface area contributed by atoms with E-state index < -0.39 is 12.0 Å². The Bertz CT molecular complexity index is 1240. The van der Waals surface area contributed by atoms with Crippen LogP contribution in [0.25, 0.3) is 5.70 Å². The van der Waals surface area contributed by atoms with E-state index >= 15 is 0 Å². The maximum atomic E-state index is 13.6. The van der Waals surface area contributed by atoms with E-state index in [0.717, 1.165) is 11.3 Å².